The van der Waals surface area contributed by atoms with Gasteiger partial charge in [-0.2, -0.15) is 0 Å². The molecule has 2 heterocycles. The molecule has 7 heteroatoms. The van der Waals surface area contributed by atoms with Crippen LogP contribution in [0.25, 0.3) is 0 Å². The molecule has 0 spiro atoms. The lowest BCUT2D eigenvalue weighted by Crippen LogP contribution is -2.55. The van der Waals surface area contributed by atoms with E-state index in [9.17, 15) is 4.79 Å². The van der Waals surface area contributed by atoms with E-state index in [2.05, 4.69) is 37.9 Å². The zero-order chi connectivity index (χ0) is 18.3. The number of carbonyl (C=O) groups excluding carboxylic acids is 1. The minimum absolute atomic E-state index is 0. The summed E-state index contributed by atoms with van der Waals surface area (Å²) in [6.45, 7) is 14.5. The number of nitrogens with zero attached hydrogens (tertiary/aromatic N) is 3. The third-order valence-corrected chi connectivity index (χ3v) is 4.78. The van der Waals surface area contributed by atoms with Crippen molar-refractivity contribution in [2.24, 2.45) is 10.4 Å². The Morgan fingerprint density at radius 1 is 1.19 bits per heavy atom. The highest BCUT2D eigenvalue weighted by atomic mass is 127. The molecule has 0 aromatic heterocycles. The molecule has 0 aliphatic carbocycles. The summed E-state index contributed by atoms with van der Waals surface area (Å²) < 4.78 is 5.53. The van der Waals surface area contributed by atoms with Gasteiger partial charge in [-0.3, -0.25) is 9.79 Å². The normalized spacial score (nSPS) is 21.5. The molecule has 152 valence electrons. The highest BCUT2D eigenvalue weighted by molar-refractivity contribution is 14.0. The number of ether oxygens (including phenoxy) is 1. The summed E-state index contributed by atoms with van der Waals surface area (Å²) in [5, 5.41) is 3.40. The third kappa shape index (κ3) is 7.58. The molecule has 0 bridgehead atoms. The number of hydrogen-bond acceptors (Lipinski definition) is 3. The topological polar surface area (TPSA) is 57.2 Å². The minimum atomic E-state index is -0.203. The molecule has 1 unspecified atom stereocenters. The Morgan fingerprint density at radius 3 is 2.38 bits per heavy atom. The third-order valence-electron chi connectivity index (χ3n) is 4.78. The first-order chi connectivity index (χ1) is 11.9. The van der Waals surface area contributed by atoms with Gasteiger partial charge >= 0.3 is 0 Å². The van der Waals surface area contributed by atoms with Crippen LogP contribution in [0.4, 0.5) is 0 Å². The molecular weight excluding hydrogens is 443 g/mol. The standard InChI is InChI=1S/C19H36N4O2.HI/c1-5-20-18(21-10-7-9-19(2,3)4)23-13-11-22(12-14-23)17(24)16-8-6-15-25-16;/h16H,5-15H2,1-4H3,(H,20,21);1H. The molecule has 2 fully saturated rings. The van der Waals surface area contributed by atoms with Crippen LogP contribution in [-0.2, 0) is 9.53 Å². The number of hydrogen-bond donors (Lipinski definition) is 1. The van der Waals surface area contributed by atoms with Gasteiger partial charge in [0.25, 0.3) is 5.91 Å². The smallest absolute Gasteiger partial charge is 0.251 e. The van der Waals surface area contributed by atoms with Crippen molar-refractivity contribution in [3.8, 4) is 0 Å². The molecule has 1 amide bonds. The fraction of sp³-hybridized carbons (Fsp3) is 0.895. The molecule has 0 saturated carbocycles. The Labute approximate surface area is 176 Å². The van der Waals surface area contributed by atoms with Crippen molar-refractivity contribution >= 4 is 35.8 Å². The number of carbonyl (C=O) groups is 1. The summed E-state index contributed by atoms with van der Waals surface area (Å²) in [5.41, 5.74) is 0.363. The number of halogens is 1. The van der Waals surface area contributed by atoms with Crippen molar-refractivity contribution in [3.05, 3.63) is 0 Å². The summed E-state index contributed by atoms with van der Waals surface area (Å²) in [4.78, 5) is 21.5. The van der Waals surface area contributed by atoms with Crippen molar-refractivity contribution in [1.29, 1.82) is 0 Å². The second-order valence-electron chi connectivity index (χ2n) is 8.21. The van der Waals surface area contributed by atoms with Gasteiger partial charge in [-0.05, 0) is 38.0 Å². The number of rotatable bonds is 5. The number of guanidine groups is 1. The van der Waals surface area contributed by atoms with Gasteiger partial charge in [-0.25, -0.2) is 0 Å². The van der Waals surface area contributed by atoms with E-state index in [0.717, 1.165) is 71.1 Å². The zero-order valence-electron chi connectivity index (χ0n) is 16.9. The van der Waals surface area contributed by atoms with E-state index in [1.807, 2.05) is 4.90 Å². The van der Waals surface area contributed by atoms with Crippen LogP contribution >= 0.6 is 24.0 Å². The Balaban J connectivity index is 0.00000338. The molecule has 6 nitrogen and oxygen atoms in total. The molecule has 1 atom stereocenters. The van der Waals surface area contributed by atoms with Gasteiger partial charge in [0, 0.05) is 45.9 Å². The first-order valence-electron chi connectivity index (χ1n) is 9.84. The van der Waals surface area contributed by atoms with Crippen molar-refractivity contribution in [3.63, 3.8) is 0 Å². The van der Waals surface area contributed by atoms with E-state index < -0.39 is 0 Å². The van der Waals surface area contributed by atoms with Crippen molar-refractivity contribution < 1.29 is 9.53 Å². The first kappa shape index (κ1) is 23.5. The summed E-state index contributed by atoms with van der Waals surface area (Å²) in [6, 6.07) is 0. The Morgan fingerprint density at radius 2 is 1.85 bits per heavy atom. The average molecular weight is 480 g/mol. The molecule has 2 aliphatic heterocycles. The van der Waals surface area contributed by atoms with Gasteiger partial charge in [-0.15, -0.1) is 24.0 Å². The average Bonchev–Trinajstić information content (AvgIpc) is 3.11. The highest BCUT2D eigenvalue weighted by Crippen LogP contribution is 2.20. The minimum Gasteiger partial charge on any atom is -0.368 e. The van der Waals surface area contributed by atoms with Crippen LogP contribution in [-0.4, -0.2) is 73.6 Å². The van der Waals surface area contributed by atoms with Crippen LogP contribution in [0.15, 0.2) is 4.99 Å². The molecule has 2 aliphatic rings. The summed E-state index contributed by atoms with van der Waals surface area (Å²) in [6.07, 6.45) is 3.96. The predicted molar refractivity (Wildman–Crippen MR) is 117 cm³/mol. The van der Waals surface area contributed by atoms with E-state index in [1.54, 1.807) is 0 Å². The largest absolute Gasteiger partial charge is 0.368 e. The van der Waals surface area contributed by atoms with E-state index in [1.165, 1.54) is 6.42 Å². The van der Waals surface area contributed by atoms with Crippen molar-refractivity contribution in [2.45, 2.75) is 59.5 Å². The lowest BCUT2D eigenvalue weighted by molar-refractivity contribution is -0.142. The maximum absolute atomic E-state index is 12.4. The van der Waals surface area contributed by atoms with Crippen LogP contribution < -0.4 is 5.32 Å². The summed E-state index contributed by atoms with van der Waals surface area (Å²) >= 11 is 0. The fourth-order valence-electron chi connectivity index (χ4n) is 3.33. The van der Waals surface area contributed by atoms with E-state index in [0.29, 0.717) is 5.41 Å². The SMILES string of the molecule is CCNC(=NCCCC(C)(C)C)N1CCN(C(=O)C2CCCO2)CC1.I. The fourth-order valence-corrected chi connectivity index (χ4v) is 3.33. The van der Waals surface area contributed by atoms with Crippen molar-refractivity contribution in [2.75, 3.05) is 45.9 Å². The summed E-state index contributed by atoms with van der Waals surface area (Å²) in [7, 11) is 0. The molecule has 2 rings (SSSR count). The second kappa shape index (κ2) is 11.3. The van der Waals surface area contributed by atoms with Gasteiger partial charge < -0.3 is 19.9 Å². The Bertz CT molecular complexity index is 451. The molecule has 2 saturated heterocycles. The van der Waals surface area contributed by atoms with Crippen LogP contribution in [0.3, 0.4) is 0 Å². The number of amides is 1. The van der Waals surface area contributed by atoms with Gasteiger partial charge in [0.15, 0.2) is 5.96 Å². The van der Waals surface area contributed by atoms with Crippen LogP contribution in [0.5, 0.6) is 0 Å². The molecule has 26 heavy (non-hydrogen) atoms. The number of nitrogens with one attached hydrogen (secondary N) is 1. The molecule has 0 aromatic carbocycles. The highest BCUT2D eigenvalue weighted by Gasteiger charge is 2.30. The Kier molecular flexibility index (Phi) is 10.2. The Hall–Kier alpha value is -0.570. The van der Waals surface area contributed by atoms with E-state index >= 15 is 0 Å². The zero-order valence-corrected chi connectivity index (χ0v) is 19.3. The molecule has 0 aromatic rings. The number of aliphatic imine (C=N–C) groups is 1. The predicted octanol–water partition coefficient (Wildman–Crippen LogP) is 2.72. The first-order valence-corrected chi connectivity index (χ1v) is 9.84. The van der Waals surface area contributed by atoms with E-state index in [-0.39, 0.29) is 36.0 Å². The van der Waals surface area contributed by atoms with Crippen molar-refractivity contribution in [1.82, 2.24) is 15.1 Å². The lowest BCUT2D eigenvalue weighted by Gasteiger charge is -2.37. The molecule has 0 radical (unpaired) electrons. The molecule has 1 N–H and O–H groups in total. The maximum atomic E-state index is 12.4. The maximum Gasteiger partial charge on any atom is 0.251 e. The monoisotopic (exact) mass is 480 g/mol. The van der Waals surface area contributed by atoms with Crippen LogP contribution in [0, 0.1) is 5.41 Å². The quantitative estimate of drug-likeness (QED) is 0.285. The van der Waals surface area contributed by atoms with Gasteiger partial charge in [0.05, 0.1) is 0 Å². The molecular formula is C19H37IN4O2. The lowest BCUT2D eigenvalue weighted by atomic mass is 9.91. The van der Waals surface area contributed by atoms with E-state index in [4.69, 9.17) is 9.73 Å². The van der Waals surface area contributed by atoms with Gasteiger partial charge in [-0.1, -0.05) is 20.8 Å². The van der Waals surface area contributed by atoms with Gasteiger partial charge in [0.2, 0.25) is 0 Å². The summed E-state index contributed by atoms with van der Waals surface area (Å²) in [5.74, 6) is 1.16. The van der Waals surface area contributed by atoms with Gasteiger partial charge in [0.1, 0.15) is 6.10 Å². The van der Waals surface area contributed by atoms with Crippen LogP contribution in [0.2, 0.25) is 0 Å². The van der Waals surface area contributed by atoms with Crippen LogP contribution in [0.1, 0.15) is 53.4 Å². The second-order valence-corrected chi connectivity index (χ2v) is 8.21. The number of piperazine rings is 1.